The standard InChI is InChI=1S/C32H31N2Si/c1-22-14-15-23-10-6-7-11-26(23)31(22)29-20-21-30-32(33(29)2)27-12-8-9-13-28(27)34(30)24-16-18-25(19-17-24)35(3,4)5/h6-21H,1-5H3/q+1. The molecule has 0 bridgehead atoms. The summed E-state index contributed by atoms with van der Waals surface area (Å²) in [4.78, 5) is 0. The van der Waals surface area contributed by atoms with Gasteiger partial charge >= 0.3 is 0 Å². The highest BCUT2D eigenvalue weighted by atomic mass is 28.3. The lowest BCUT2D eigenvalue weighted by molar-refractivity contribution is -0.632. The fourth-order valence-electron chi connectivity index (χ4n) is 5.50. The van der Waals surface area contributed by atoms with Crippen molar-refractivity contribution >= 4 is 46.0 Å². The average molecular weight is 472 g/mol. The Morgan fingerprint density at radius 3 is 2.09 bits per heavy atom. The number of pyridine rings is 1. The van der Waals surface area contributed by atoms with E-state index in [4.69, 9.17) is 0 Å². The zero-order valence-corrected chi connectivity index (χ0v) is 22.1. The third-order valence-electron chi connectivity index (χ3n) is 7.36. The van der Waals surface area contributed by atoms with Crippen LogP contribution in [0.3, 0.4) is 0 Å². The van der Waals surface area contributed by atoms with E-state index in [1.807, 2.05) is 0 Å². The number of nitrogens with zero attached hydrogens (tertiary/aromatic N) is 2. The van der Waals surface area contributed by atoms with Gasteiger partial charge in [-0.25, -0.2) is 0 Å². The van der Waals surface area contributed by atoms with Gasteiger partial charge in [-0.05, 0) is 53.6 Å². The molecule has 0 fully saturated rings. The molecule has 0 unspecified atom stereocenters. The maximum atomic E-state index is 2.42. The van der Waals surface area contributed by atoms with Gasteiger partial charge in [-0.3, -0.25) is 0 Å². The molecular weight excluding hydrogens is 440 g/mol. The first-order valence-electron chi connectivity index (χ1n) is 12.4. The monoisotopic (exact) mass is 471 g/mol. The highest BCUT2D eigenvalue weighted by Crippen LogP contribution is 2.34. The van der Waals surface area contributed by atoms with E-state index >= 15 is 0 Å². The van der Waals surface area contributed by atoms with Crippen LogP contribution < -0.4 is 9.75 Å². The summed E-state index contributed by atoms with van der Waals surface area (Å²) in [6.07, 6.45) is 0. The number of benzene rings is 4. The van der Waals surface area contributed by atoms with Crippen LogP contribution in [0.2, 0.25) is 19.6 Å². The van der Waals surface area contributed by atoms with Crippen LogP contribution in [0.4, 0.5) is 0 Å². The molecule has 2 aromatic heterocycles. The van der Waals surface area contributed by atoms with Crippen molar-refractivity contribution in [3.8, 4) is 16.9 Å². The van der Waals surface area contributed by atoms with Gasteiger partial charge in [0.05, 0.1) is 24.5 Å². The third kappa shape index (κ3) is 3.42. The van der Waals surface area contributed by atoms with Crippen LogP contribution in [0.15, 0.2) is 97.1 Å². The normalized spacial score (nSPS) is 12.1. The van der Waals surface area contributed by atoms with Crippen molar-refractivity contribution in [2.24, 2.45) is 7.05 Å². The first-order chi connectivity index (χ1) is 16.8. The molecule has 0 amide bonds. The van der Waals surface area contributed by atoms with Crippen molar-refractivity contribution < 1.29 is 4.57 Å². The molecule has 0 saturated carbocycles. The molecule has 0 aliphatic rings. The Morgan fingerprint density at radius 1 is 0.657 bits per heavy atom. The zero-order valence-electron chi connectivity index (χ0n) is 21.1. The summed E-state index contributed by atoms with van der Waals surface area (Å²) in [5.74, 6) is 0. The van der Waals surface area contributed by atoms with Crippen molar-refractivity contribution in [2.45, 2.75) is 26.6 Å². The molecule has 0 saturated heterocycles. The summed E-state index contributed by atoms with van der Waals surface area (Å²) in [5, 5.41) is 5.34. The second-order valence-corrected chi connectivity index (χ2v) is 15.7. The molecule has 0 aliphatic carbocycles. The van der Waals surface area contributed by atoms with Gasteiger partial charge in [0, 0.05) is 11.8 Å². The van der Waals surface area contributed by atoms with E-state index in [2.05, 4.69) is 140 Å². The van der Waals surface area contributed by atoms with Crippen LogP contribution in [0.1, 0.15) is 5.56 Å². The molecule has 0 N–H and O–H groups in total. The van der Waals surface area contributed by atoms with Crippen molar-refractivity contribution in [2.75, 3.05) is 0 Å². The number of rotatable bonds is 3. The lowest BCUT2D eigenvalue weighted by Gasteiger charge is -2.17. The second kappa shape index (κ2) is 7.93. The van der Waals surface area contributed by atoms with E-state index in [-0.39, 0.29) is 0 Å². The molecule has 0 spiro atoms. The summed E-state index contributed by atoms with van der Waals surface area (Å²) in [5.41, 5.74) is 8.80. The predicted molar refractivity (Wildman–Crippen MR) is 153 cm³/mol. The van der Waals surface area contributed by atoms with Gasteiger partial charge in [-0.15, -0.1) is 0 Å². The van der Waals surface area contributed by atoms with Crippen LogP contribution in [-0.2, 0) is 7.05 Å². The Morgan fingerprint density at radius 2 is 1.34 bits per heavy atom. The van der Waals surface area contributed by atoms with Gasteiger partial charge in [0.2, 0.25) is 11.2 Å². The van der Waals surface area contributed by atoms with Crippen LogP contribution in [-0.4, -0.2) is 12.6 Å². The first-order valence-corrected chi connectivity index (χ1v) is 15.9. The molecule has 172 valence electrons. The molecule has 4 aromatic carbocycles. The number of hydrogen-bond acceptors (Lipinski definition) is 0. The Balaban J connectivity index is 1.66. The van der Waals surface area contributed by atoms with Gasteiger partial charge < -0.3 is 4.57 Å². The minimum absolute atomic E-state index is 1.22. The number of aryl methyl sites for hydroxylation is 2. The lowest BCUT2D eigenvalue weighted by atomic mass is 9.96. The molecule has 0 aliphatic heterocycles. The molecule has 2 heterocycles. The van der Waals surface area contributed by atoms with Crippen LogP contribution in [0.5, 0.6) is 0 Å². The molecule has 35 heavy (non-hydrogen) atoms. The molecule has 0 radical (unpaired) electrons. The van der Waals surface area contributed by atoms with E-state index in [1.165, 1.54) is 60.4 Å². The second-order valence-electron chi connectivity index (χ2n) is 10.6. The summed E-state index contributed by atoms with van der Waals surface area (Å²) in [6, 6.07) is 35.8. The van der Waals surface area contributed by atoms with Crippen molar-refractivity contribution in [1.82, 2.24) is 4.57 Å². The fourth-order valence-corrected chi connectivity index (χ4v) is 6.67. The topological polar surface area (TPSA) is 8.81 Å². The highest BCUT2D eigenvalue weighted by Gasteiger charge is 2.24. The van der Waals surface area contributed by atoms with E-state index < -0.39 is 8.07 Å². The Hall–Kier alpha value is -3.69. The maximum absolute atomic E-state index is 2.42. The minimum atomic E-state index is -1.34. The minimum Gasteiger partial charge on any atom is -0.304 e. The Bertz CT molecular complexity index is 1730. The number of fused-ring (bicyclic) bond motifs is 4. The molecular formula is C32H31N2Si+. The smallest absolute Gasteiger partial charge is 0.239 e. The number of para-hydroxylation sites is 1. The fraction of sp³-hybridized carbons (Fsp3) is 0.156. The van der Waals surface area contributed by atoms with E-state index in [9.17, 15) is 0 Å². The van der Waals surface area contributed by atoms with Crippen molar-refractivity contribution in [3.05, 3.63) is 103 Å². The molecule has 2 nitrogen and oxygen atoms in total. The van der Waals surface area contributed by atoms with Gasteiger partial charge in [0.1, 0.15) is 12.6 Å². The van der Waals surface area contributed by atoms with Crippen LogP contribution >= 0.6 is 0 Å². The van der Waals surface area contributed by atoms with Crippen molar-refractivity contribution in [1.29, 1.82) is 0 Å². The number of aromatic nitrogens is 2. The molecule has 3 heteroatoms. The highest BCUT2D eigenvalue weighted by molar-refractivity contribution is 6.88. The Kier molecular flexibility index (Phi) is 4.94. The van der Waals surface area contributed by atoms with E-state index in [1.54, 1.807) is 0 Å². The zero-order chi connectivity index (χ0) is 24.3. The summed E-state index contributed by atoms with van der Waals surface area (Å²) in [7, 11) is 0.869. The summed E-state index contributed by atoms with van der Waals surface area (Å²) >= 11 is 0. The molecule has 6 rings (SSSR count). The average Bonchev–Trinajstić information content (AvgIpc) is 3.19. The van der Waals surface area contributed by atoms with Crippen LogP contribution in [0.25, 0.3) is 49.7 Å². The Labute approximate surface area is 208 Å². The first kappa shape index (κ1) is 21.8. The largest absolute Gasteiger partial charge is 0.304 e. The molecule has 0 atom stereocenters. The van der Waals surface area contributed by atoms with Crippen LogP contribution in [0, 0.1) is 6.92 Å². The SMILES string of the molecule is Cc1ccc2ccccc2c1-c1ccc2c(c3ccccc3n2-c2ccc([Si](C)(C)C)cc2)[n+]1C. The maximum Gasteiger partial charge on any atom is 0.239 e. The quantitative estimate of drug-likeness (QED) is 0.189. The van der Waals surface area contributed by atoms with E-state index in [0.29, 0.717) is 0 Å². The van der Waals surface area contributed by atoms with Gasteiger partial charge in [-0.1, -0.05) is 85.5 Å². The van der Waals surface area contributed by atoms with Gasteiger partial charge in [0.15, 0.2) is 0 Å². The molecule has 6 aromatic rings. The number of hydrogen-bond donors (Lipinski definition) is 0. The van der Waals surface area contributed by atoms with Gasteiger partial charge in [-0.2, -0.15) is 4.57 Å². The van der Waals surface area contributed by atoms with E-state index in [0.717, 1.165) is 0 Å². The third-order valence-corrected chi connectivity index (χ3v) is 9.43. The van der Waals surface area contributed by atoms with Crippen molar-refractivity contribution in [3.63, 3.8) is 0 Å². The lowest BCUT2D eigenvalue weighted by Crippen LogP contribution is -2.37. The summed E-state index contributed by atoms with van der Waals surface area (Å²) < 4.78 is 4.80. The van der Waals surface area contributed by atoms with Gasteiger partial charge in [0.25, 0.3) is 0 Å². The predicted octanol–water partition coefficient (Wildman–Crippen LogP) is 7.28. The summed E-state index contributed by atoms with van der Waals surface area (Å²) in [6.45, 7) is 9.42.